The average molecular weight is 167 g/mol. The number of fused-ring (bicyclic) bond motifs is 1. The second-order valence-corrected chi connectivity index (χ2v) is 3.24. The number of ether oxygens (including phenoxy) is 1. The number of hydrogen-bond donors (Lipinski definition) is 0. The van der Waals surface area contributed by atoms with Gasteiger partial charge in [0, 0.05) is 23.1 Å². The van der Waals surface area contributed by atoms with Crippen LogP contribution in [0.25, 0.3) is 0 Å². The largest absolute Gasteiger partial charge is 0.477 e. The van der Waals surface area contributed by atoms with Crippen molar-refractivity contribution in [3.8, 4) is 5.88 Å². The lowest BCUT2D eigenvalue weighted by Crippen LogP contribution is -1.87. The van der Waals surface area contributed by atoms with Crippen molar-refractivity contribution in [3.05, 3.63) is 17.8 Å². The molecule has 0 unspecified atom stereocenters. The molecule has 11 heavy (non-hydrogen) atoms. The van der Waals surface area contributed by atoms with Crippen molar-refractivity contribution in [2.24, 2.45) is 0 Å². The van der Waals surface area contributed by atoms with E-state index in [1.807, 2.05) is 6.07 Å². The molecular weight excluding hydrogens is 158 g/mol. The number of pyridine rings is 1. The van der Waals surface area contributed by atoms with Crippen LogP contribution in [0.4, 0.5) is 0 Å². The van der Waals surface area contributed by atoms with Crippen LogP contribution < -0.4 is 4.74 Å². The van der Waals surface area contributed by atoms with Crippen molar-refractivity contribution in [3.63, 3.8) is 0 Å². The third kappa shape index (κ3) is 1.09. The molecule has 1 aromatic heterocycles. The summed E-state index contributed by atoms with van der Waals surface area (Å²) < 4.78 is 5.32. The zero-order valence-corrected chi connectivity index (χ0v) is 7.15. The molecule has 1 aliphatic heterocycles. The lowest BCUT2D eigenvalue weighted by atomic mass is 10.2. The fraction of sp³-hybridized carbons (Fsp3) is 0.375. The minimum absolute atomic E-state index is 0.792. The van der Waals surface area contributed by atoms with Crippen molar-refractivity contribution >= 4 is 11.8 Å². The lowest BCUT2D eigenvalue weighted by Gasteiger charge is -2.00. The fourth-order valence-corrected chi connectivity index (χ4v) is 1.88. The van der Waals surface area contributed by atoms with Gasteiger partial charge in [0.1, 0.15) is 0 Å². The third-order valence-corrected chi connectivity index (χ3v) is 2.61. The summed E-state index contributed by atoms with van der Waals surface area (Å²) >= 11 is 1.75. The van der Waals surface area contributed by atoms with Crippen LogP contribution in [0.3, 0.4) is 0 Å². The molecule has 0 bridgehead atoms. The summed E-state index contributed by atoms with van der Waals surface area (Å²) in [7, 11) is 0. The van der Waals surface area contributed by atoms with Crippen LogP contribution >= 0.6 is 11.8 Å². The van der Waals surface area contributed by atoms with E-state index < -0.39 is 0 Å². The van der Waals surface area contributed by atoms with Gasteiger partial charge in [-0.25, -0.2) is 4.98 Å². The molecule has 0 saturated heterocycles. The van der Waals surface area contributed by atoms with Gasteiger partial charge in [-0.15, -0.1) is 11.8 Å². The van der Waals surface area contributed by atoms with Crippen LogP contribution in [0.2, 0.25) is 0 Å². The molecule has 58 valence electrons. The summed E-state index contributed by atoms with van der Waals surface area (Å²) in [4.78, 5) is 5.43. The predicted molar refractivity (Wildman–Crippen MR) is 45.2 cm³/mol. The highest BCUT2D eigenvalue weighted by atomic mass is 32.2. The third-order valence-electron chi connectivity index (χ3n) is 1.78. The second kappa shape index (κ2) is 2.74. The summed E-state index contributed by atoms with van der Waals surface area (Å²) in [5, 5.41) is 0. The molecule has 2 heterocycles. The lowest BCUT2D eigenvalue weighted by molar-refractivity contribution is 0.345. The first-order chi connectivity index (χ1) is 5.42. The van der Waals surface area contributed by atoms with E-state index in [9.17, 15) is 0 Å². The Balaban J connectivity index is 2.50. The molecule has 0 aliphatic carbocycles. The predicted octanol–water partition coefficient (Wildman–Crippen LogP) is 1.74. The number of thioether (sulfide) groups is 1. The van der Waals surface area contributed by atoms with E-state index in [-0.39, 0.29) is 0 Å². The highest BCUT2D eigenvalue weighted by molar-refractivity contribution is 7.98. The van der Waals surface area contributed by atoms with Crippen molar-refractivity contribution < 1.29 is 4.74 Å². The summed E-state index contributed by atoms with van der Waals surface area (Å²) in [6.07, 6.45) is 4.89. The molecule has 0 amide bonds. The zero-order chi connectivity index (χ0) is 7.68. The van der Waals surface area contributed by atoms with Crippen LogP contribution in [0, 0.1) is 0 Å². The minimum Gasteiger partial charge on any atom is -0.477 e. The fourth-order valence-electron chi connectivity index (χ4n) is 1.25. The van der Waals surface area contributed by atoms with Gasteiger partial charge < -0.3 is 4.74 Å². The first-order valence-electron chi connectivity index (χ1n) is 3.56. The Morgan fingerprint density at radius 3 is 3.36 bits per heavy atom. The number of hydrogen-bond acceptors (Lipinski definition) is 3. The molecule has 3 heteroatoms. The maximum Gasteiger partial charge on any atom is 0.217 e. The monoisotopic (exact) mass is 167 g/mol. The van der Waals surface area contributed by atoms with Gasteiger partial charge in [-0.3, -0.25) is 0 Å². The SMILES string of the molecule is CSc1ccnc2c1CCO2. The molecule has 0 aromatic carbocycles. The topological polar surface area (TPSA) is 22.1 Å². The Labute approximate surface area is 70.0 Å². The summed E-state index contributed by atoms with van der Waals surface area (Å²) in [6, 6.07) is 2.04. The summed E-state index contributed by atoms with van der Waals surface area (Å²) in [5.41, 5.74) is 1.28. The van der Waals surface area contributed by atoms with Crippen LogP contribution in [-0.4, -0.2) is 17.8 Å². The van der Waals surface area contributed by atoms with Crippen LogP contribution in [-0.2, 0) is 6.42 Å². The van der Waals surface area contributed by atoms with Gasteiger partial charge in [-0.05, 0) is 12.3 Å². The zero-order valence-electron chi connectivity index (χ0n) is 6.33. The van der Waals surface area contributed by atoms with Crippen molar-refractivity contribution in [1.82, 2.24) is 4.98 Å². The number of aromatic nitrogens is 1. The Hall–Kier alpha value is -0.700. The molecule has 1 aromatic rings. The molecule has 0 radical (unpaired) electrons. The Morgan fingerprint density at radius 2 is 2.55 bits per heavy atom. The van der Waals surface area contributed by atoms with Gasteiger partial charge in [0.25, 0.3) is 0 Å². The van der Waals surface area contributed by atoms with Gasteiger partial charge >= 0.3 is 0 Å². The molecule has 1 aliphatic rings. The number of nitrogens with zero attached hydrogens (tertiary/aromatic N) is 1. The van der Waals surface area contributed by atoms with Gasteiger partial charge in [-0.2, -0.15) is 0 Å². The maximum atomic E-state index is 5.32. The van der Waals surface area contributed by atoms with E-state index >= 15 is 0 Å². The van der Waals surface area contributed by atoms with Gasteiger partial charge in [0.2, 0.25) is 5.88 Å². The Kier molecular flexibility index (Phi) is 1.74. The minimum atomic E-state index is 0.792. The summed E-state index contributed by atoms with van der Waals surface area (Å²) in [5.74, 6) is 0.830. The molecule has 2 rings (SSSR count). The molecule has 2 nitrogen and oxygen atoms in total. The first kappa shape index (κ1) is 6.98. The molecule has 0 fully saturated rings. The van der Waals surface area contributed by atoms with E-state index in [0.29, 0.717) is 0 Å². The van der Waals surface area contributed by atoms with E-state index in [1.54, 1.807) is 18.0 Å². The van der Waals surface area contributed by atoms with Gasteiger partial charge in [0.05, 0.1) is 6.61 Å². The number of rotatable bonds is 1. The average Bonchev–Trinajstić information content (AvgIpc) is 2.50. The second-order valence-electron chi connectivity index (χ2n) is 2.40. The quantitative estimate of drug-likeness (QED) is 0.595. The molecule has 0 spiro atoms. The Bertz CT molecular complexity index is 275. The standard InChI is InChI=1S/C8H9NOS/c1-11-7-2-4-9-8-6(7)3-5-10-8/h2,4H,3,5H2,1H3. The van der Waals surface area contributed by atoms with E-state index in [2.05, 4.69) is 11.2 Å². The van der Waals surface area contributed by atoms with Crippen molar-refractivity contribution in [2.45, 2.75) is 11.3 Å². The van der Waals surface area contributed by atoms with E-state index in [1.165, 1.54) is 10.5 Å². The highest BCUT2D eigenvalue weighted by Gasteiger charge is 2.15. The van der Waals surface area contributed by atoms with E-state index in [0.717, 1.165) is 18.9 Å². The van der Waals surface area contributed by atoms with Crippen LogP contribution in [0.5, 0.6) is 5.88 Å². The van der Waals surface area contributed by atoms with Crippen LogP contribution in [0.1, 0.15) is 5.56 Å². The first-order valence-corrected chi connectivity index (χ1v) is 4.79. The Morgan fingerprint density at radius 1 is 1.64 bits per heavy atom. The molecule has 0 N–H and O–H groups in total. The smallest absolute Gasteiger partial charge is 0.217 e. The normalized spacial score (nSPS) is 14.3. The van der Waals surface area contributed by atoms with Gasteiger partial charge in [0.15, 0.2) is 0 Å². The van der Waals surface area contributed by atoms with E-state index in [4.69, 9.17) is 4.74 Å². The molecule has 0 atom stereocenters. The van der Waals surface area contributed by atoms with Crippen molar-refractivity contribution in [1.29, 1.82) is 0 Å². The summed E-state index contributed by atoms with van der Waals surface area (Å²) in [6.45, 7) is 0.792. The maximum absolute atomic E-state index is 5.32. The van der Waals surface area contributed by atoms with Crippen LogP contribution in [0.15, 0.2) is 17.2 Å². The van der Waals surface area contributed by atoms with Crippen molar-refractivity contribution in [2.75, 3.05) is 12.9 Å². The molecular formula is C8H9NOS. The van der Waals surface area contributed by atoms with Gasteiger partial charge in [-0.1, -0.05) is 0 Å². The molecule has 0 saturated carbocycles. The highest BCUT2D eigenvalue weighted by Crippen LogP contribution is 2.30.